The second-order valence-corrected chi connectivity index (χ2v) is 4.38. The molecule has 0 saturated heterocycles. The van der Waals surface area contributed by atoms with Crippen LogP contribution in [0.5, 0.6) is 0 Å². The third-order valence-corrected chi connectivity index (χ3v) is 2.91. The molecule has 0 aliphatic rings. The predicted molar refractivity (Wildman–Crippen MR) is 70.2 cm³/mol. The van der Waals surface area contributed by atoms with Crippen LogP contribution in [-0.2, 0) is 0 Å². The van der Waals surface area contributed by atoms with Crippen molar-refractivity contribution in [2.24, 2.45) is 0 Å². The molecule has 0 aromatic heterocycles. The largest absolute Gasteiger partial charge is 0.396 e. The molecule has 0 bridgehead atoms. The molecule has 0 aliphatic heterocycles. The van der Waals surface area contributed by atoms with E-state index in [0.29, 0.717) is 13.0 Å². The number of Topliss-reactive ketones (excluding diaryl/α,β-unsaturated/α-hetero) is 1. The average Bonchev–Trinajstić information content (AvgIpc) is 2.38. The number of unbranched alkanes of at least 4 members (excludes halogenated alkanes) is 5. The summed E-state index contributed by atoms with van der Waals surface area (Å²) in [7, 11) is 0. The lowest BCUT2D eigenvalue weighted by atomic mass is 10.0. The lowest BCUT2D eigenvalue weighted by Crippen LogP contribution is -1.98. The van der Waals surface area contributed by atoms with Crippen LogP contribution >= 0.6 is 0 Å². The highest BCUT2D eigenvalue weighted by atomic mass is 16.2. The summed E-state index contributed by atoms with van der Waals surface area (Å²) in [6, 6.07) is 9.50. The van der Waals surface area contributed by atoms with Crippen LogP contribution in [0.3, 0.4) is 0 Å². The SMILES string of the molecule is O=C(CCCCCCCCO)c1ccccc1. The molecule has 1 aromatic carbocycles. The highest BCUT2D eigenvalue weighted by Crippen LogP contribution is 2.10. The molecule has 17 heavy (non-hydrogen) atoms. The quantitative estimate of drug-likeness (QED) is 0.523. The van der Waals surface area contributed by atoms with Gasteiger partial charge in [-0.3, -0.25) is 4.79 Å². The molecule has 0 atom stereocenters. The van der Waals surface area contributed by atoms with E-state index in [1.165, 1.54) is 12.8 Å². The Morgan fingerprint density at radius 1 is 0.882 bits per heavy atom. The Morgan fingerprint density at radius 2 is 1.47 bits per heavy atom. The number of carbonyl (C=O) groups is 1. The van der Waals surface area contributed by atoms with Gasteiger partial charge in [0.1, 0.15) is 0 Å². The third kappa shape index (κ3) is 6.22. The van der Waals surface area contributed by atoms with Gasteiger partial charge in [-0.05, 0) is 12.8 Å². The first-order valence-electron chi connectivity index (χ1n) is 6.53. The molecule has 0 radical (unpaired) electrons. The van der Waals surface area contributed by atoms with E-state index in [0.717, 1.165) is 31.2 Å². The van der Waals surface area contributed by atoms with Crippen molar-refractivity contribution in [3.05, 3.63) is 35.9 Å². The summed E-state index contributed by atoms with van der Waals surface area (Å²) in [6.07, 6.45) is 7.09. The van der Waals surface area contributed by atoms with Gasteiger partial charge >= 0.3 is 0 Å². The van der Waals surface area contributed by atoms with E-state index in [1.54, 1.807) is 0 Å². The van der Waals surface area contributed by atoms with E-state index in [9.17, 15) is 4.79 Å². The van der Waals surface area contributed by atoms with E-state index >= 15 is 0 Å². The van der Waals surface area contributed by atoms with Crippen LogP contribution in [0.2, 0.25) is 0 Å². The number of aliphatic hydroxyl groups excluding tert-OH is 1. The summed E-state index contributed by atoms with van der Waals surface area (Å²) in [5, 5.41) is 8.62. The standard InChI is InChI=1S/C15H22O2/c16-13-9-4-2-1-3-8-12-15(17)14-10-6-5-7-11-14/h5-7,10-11,16H,1-4,8-9,12-13H2. The van der Waals surface area contributed by atoms with E-state index in [2.05, 4.69) is 0 Å². The van der Waals surface area contributed by atoms with Crippen molar-refractivity contribution in [1.82, 2.24) is 0 Å². The molecule has 94 valence electrons. The zero-order valence-electron chi connectivity index (χ0n) is 10.4. The van der Waals surface area contributed by atoms with Gasteiger partial charge in [-0.15, -0.1) is 0 Å². The fourth-order valence-electron chi connectivity index (χ4n) is 1.87. The molecule has 2 heteroatoms. The Morgan fingerprint density at radius 3 is 2.12 bits per heavy atom. The highest BCUT2D eigenvalue weighted by Gasteiger charge is 2.03. The summed E-state index contributed by atoms with van der Waals surface area (Å²) in [4.78, 5) is 11.7. The van der Waals surface area contributed by atoms with Crippen molar-refractivity contribution in [2.75, 3.05) is 6.61 Å². The first-order valence-corrected chi connectivity index (χ1v) is 6.53. The van der Waals surface area contributed by atoms with E-state index in [-0.39, 0.29) is 5.78 Å². The molecule has 1 aromatic rings. The predicted octanol–water partition coefficient (Wildman–Crippen LogP) is 3.59. The van der Waals surface area contributed by atoms with Crippen LogP contribution in [-0.4, -0.2) is 17.5 Å². The zero-order valence-corrected chi connectivity index (χ0v) is 10.4. The maximum atomic E-state index is 11.7. The lowest BCUT2D eigenvalue weighted by Gasteiger charge is -2.01. The monoisotopic (exact) mass is 234 g/mol. The van der Waals surface area contributed by atoms with Crippen molar-refractivity contribution in [3.63, 3.8) is 0 Å². The summed E-state index contributed by atoms with van der Waals surface area (Å²) in [5.74, 6) is 0.251. The van der Waals surface area contributed by atoms with Crippen molar-refractivity contribution in [1.29, 1.82) is 0 Å². The summed E-state index contributed by atoms with van der Waals surface area (Å²) in [6.45, 7) is 0.298. The van der Waals surface area contributed by atoms with E-state index < -0.39 is 0 Å². The molecule has 0 spiro atoms. The molecule has 1 N–H and O–H groups in total. The van der Waals surface area contributed by atoms with Gasteiger partial charge in [-0.2, -0.15) is 0 Å². The van der Waals surface area contributed by atoms with Gasteiger partial charge in [0.2, 0.25) is 0 Å². The fraction of sp³-hybridized carbons (Fsp3) is 0.533. The second kappa shape index (κ2) is 8.94. The minimum absolute atomic E-state index is 0.251. The molecule has 0 amide bonds. The topological polar surface area (TPSA) is 37.3 Å². The number of benzene rings is 1. The van der Waals surface area contributed by atoms with Crippen molar-refractivity contribution in [2.45, 2.75) is 44.9 Å². The minimum Gasteiger partial charge on any atom is -0.396 e. The van der Waals surface area contributed by atoms with E-state index in [1.807, 2.05) is 30.3 Å². The molecule has 0 aliphatic carbocycles. The first kappa shape index (κ1) is 13.9. The zero-order chi connectivity index (χ0) is 12.3. The average molecular weight is 234 g/mol. The summed E-state index contributed by atoms with van der Waals surface area (Å²) in [5.41, 5.74) is 0.827. The molecular formula is C15H22O2. The fourth-order valence-corrected chi connectivity index (χ4v) is 1.87. The maximum Gasteiger partial charge on any atom is 0.162 e. The number of carbonyl (C=O) groups excluding carboxylic acids is 1. The van der Waals surface area contributed by atoms with Gasteiger partial charge in [-0.1, -0.05) is 56.0 Å². The Hall–Kier alpha value is -1.15. The van der Waals surface area contributed by atoms with E-state index in [4.69, 9.17) is 5.11 Å². The number of aliphatic hydroxyl groups is 1. The van der Waals surface area contributed by atoms with Crippen LogP contribution < -0.4 is 0 Å². The maximum absolute atomic E-state index is 11.7. The van der Waals surface area contributed by atoms with Crippen LogP contribution in [0.15, 0.2) is 30.3 Å². The van der Waals surface area contributed by atoms with Crippen LogP contribution in [0.1, 0.15) is 55.3 Å². The number of hydrogen-bond acceptors (Lipinski definition) is 2. The van der Waals surface area contributed by atoms with Crippen LogP contribution in [0, 0.1) is 0 Å². The third-order valence-electron chi connectivity index (χ3n) is 2.91. The molecule has 0 unspecified atom stereocenters. The highest BCUT2D eigenvalue weighted by molar-refractivity contribution is 5.95. The summed E-state index contributed by atoms with van der Waals surface area (Å²) >= 11 is 0. The molecule has 0 fully saturated rings. The van der Waals surface area contributed by atoms with Gasteiger partial charge < -0.3 is 5.11 Å². The van der Waals surface area contributed by atoms with Gasteiger partial charge in [0, 0.05) is 18.6 Å². The molecular weight excluding hydrogens is 212 g/mol. The van der Waals surface area contributed by atoms with Gasteiger partial charge in [0.25, 0.3) is 0 Å². The minimum atomic E-state index is 0.251. The molecule has 1 rings (SSSR count). The van der Waals surface area contributed by atoms with Gasteiger partial charge in [-0.25, -0.2) is 0 Å². The Balaban J connectivity index is 2.05. The smallest absolute Gasteiger partial charge is 0.162 e. The first-order chi connectivity index (χ1) is 8.34. The second-order valence-electron chi connectivity index (χ2n) is 4.38. The Kier molecular flexibility index (Phi) is 7.32. The van der Waals surface area contributed by atoms with Crippen molar-refractivity contribution in [3.8, 4) is 0 Å². The Bertz CT molecular complexity index is 306. The van der Waals surface area contributed by atoms with Crippen molar-refractivity contribution >= 4 is 5.78 Å². The van der Waals surface area contributed by atoms with Crippen LogP contribution in [0.4, 0.5) is 0 Å². The molecule has 0 saturated carbocycles. The molecule has 0 heterocycles. The number of ketones is 1. The van der Waals surface area contributed by atoms with Crippen molar-refractivity contribution < 1.29 is 9.90 Å². The van der Waals surface area contributed by atoms with Crippen LogP contribution in [0.25, 0.3) is 0 Å². The lowest BCUT2D eigenvalue weighted by molar-refractivity contribution is 0.0979. The Labute approximate surface area is 104 Å². The molecule has 2 nitrogen and oxygen atoms in total. The van der Waals surface area contributed by atoms with Gasteiger partial charge in [0.05, 0.1) is 0 Å². The summed E-state index contributed by atoms with van der Waals surface area (Å²) < 4.78 is 0. The number of hydrogen-bond donors (Lipinski definition) is 1. The van der Waals surface area contributed by atoms with Gasteiger partial charge in [0.15, 0.2) is 5.78 Å². The normalized spacial score (nSPS) is 10.4. The number of rotatable bonds is 9.